The number of nitrogens with zero attached hydrogens (tertiary/aromatic N) is 1. The molecule has 3 unspecified atom stereocenters. The van der Waals surface area contributed by atoms with Gasteiger partial charge in [-0.25, -0.2) is 0 Å². The lowest BCUT2D eigenvalue weighted by Gasteiger charge is -2.31. The molecule has 0 bridgehead atoms. The molecule has 0 spiro atoms. The van der Waals surface area contributed by atoms with E-state index in [0.717, 1.165) is 17.8 Å². The smallest absolute Gasteiger partial charge is 0.0125 e. The molecule has 0 aromatic rings. The zero-order valence-corrected chi connectivity index (χ0v) is 10.9. The Morgan fingerprint density at radius 2 is 1.73 bits per heavy atom. The molecule has 1 nitrogen and oxygen atoms in total. The topological polar surface area (TPSA) is 3.24 Å². The number of hydrogen-bond acceptors (Lipinski definition) is 1. The van der Waals surface area contributed by atoms with Gasteiger partial charge < -0.3 is 0 Å². The summed E-state index contributed by atoms with van der Waals surface area (Å²) in [4.78, 5) is 2.71. The quantitative estimate of drug-likeness (QED) is 0.638. The molecule has 1 saturated carbocycles. The highest BCUT2D eigenvalue weighted by Gasteiger charge is 2.40. The van der Waals surface area contributed by atoms with Crippen LogP contribution in [-0.4, -0.2) is 23.5 Å². The van der Waals surface area contributed by atoms with E-state index in [1.165, 1.54) is 38.8 Å². The van der Waals surface area contributed by atoms with Gasteiger partial charge >= 0.3 is 0 Å². The van der Waals surface area contributed by atoms with Gasteiger partial charge in [-0.3, -0.25) is 4.90 Å². The van der Waals surface area contributed by atoms with Crippen molar-refractivity contribution in [3.63, 3.8) is 0 Å². The molecule has 1 heteroatoms. The van der Waals surface area contributed by atoms with E-state index in [1.807, 2.05) is 0 Å². The van der Waals surface area contributed by atoms with Crippen molar-refractivity contribution in [2.45, 2.75) is 58.9 Å². The van der Waals surface area contributed by atoms with E-state index in [-0.39, 0.29) is 0 Å². The van der Waals surface area contributed by atoms with Crippen molar-refractivity contribution < 1.29 is 0 Å². The summed E-state index contributed by atoms with van der Waals surface area (Å²) in [6.07, 6.45) is 5.90. The lowest BCUT2D eigenvalue weighted by Crippen LogP contribution is -2.39. The highest BCUT2D eigenvalue weighted by atomic mass is 15.2. The molecule has 15 heavy (non-hydrogen) atoms. The summed E-state index contributed by atoms with van der Waals surface area (Å²) in [6.45, 7) is 12.2. The Kier molecular flexibility index (Phi) is 3.12. The molecule has 0 amide bonds. The SMILES string of the molecule is CCC1CCC2CN(C(C)(C)C)CC2C1. The minimum Gasteiger partial charge on any atom is -0.298 e. The van der Waals surface area contributed by atoms with E-state index in [4.69, 9.17) is 0 Å². The monoisotopic (exact) mass is 209 g/mol. The Balaban J connectivity index is 1.96. The second-order valence-electron chi connectivity index (χ2n) is 6.68. The molecule has 1 heterocycles. The summed E-state index contributed by atoms with van der Waals surface area (Å²) in [5, 5.41) is 0. The summed E-state index contributed by atoms with van der Waals surface area (Å²) < 4.78 is 0. The predicted molar refractivity (Wildman–Crippen MR) is 65.9 cm³/mol. The predicted octanol–water partition coefficient (Wildman–Crippen LogP) is 3.54. The van der Waals surface area contributed by atoms with Crippen molar-refractivity contribution in [2.24, 2.45) is 17.8 Å². The second-order valence-corrected chi connectivity index (χ2v) is 6.68. The van der Waals surface area contributed by atoms with Crippen molar-refractivity contribution in [3.8, 4) is 0 Å². The van der Waals surface area contributed by atoms with E-state index < -0.39 is 0 Å². The summed E-state index contributed by atoms with van der Waals surface area (Å²) in [7, 11) is 0. The molecule has 0 aromatic heterocycles. The van der Waals surface area contributed by atoms with Crippen molar-refractivity contribution in [2.75, 3.05) is 13.1 Å². The van der Waals surface area contributed by atoms with E-state index in [2.05, 4.69) is 32.6 Å². The van der Waals surface area contributed by atoms with Gasteiger partial charge in [0.05, 0.1) is 0 Å². The molecule has 88 valence electrons. The molecule has 1 saturated heterocycles. The fourth-order valence-electron chi connectivity index (χ4n) is 3.45. The fourth-order valence-corrected chi connectivity index (χ4v) is 3.45. The Morgan fingerprint density at radius 3 is 2.33 bits per heavy atom. The lowest BCUT2D eigenvalue weighted by atomic mass is 9.75. The van der Waals surface area contributed by atoms with Crippen LogP contribution in [0.2, 0.25) is 0 Å². The highest BCUT2D eigenvalue weighted by molar-refractivity contribution is 4.93. The molecule has 1 aliphatic heterocycles. The third kappa shape index (κ3) is 2.38. The number of likely N-dealkylation sites (tertiary alicyclic amines) is 1. The zero-order valence-electron chi connectivity index (χ0n) is 10.9. The zero-order chi connectivity index (χ0) is 11.1. The van der Waals surface area contributed by atoms with E-state index in [0.29, 0.717) is 5.54 Å². The number of rotatable bonds is 1. The molecule has 2 fully saturated rings. The maximum atomic E-state index is 2.71. The molecular formula is C14H27N. The van der Waals surface area contributed by atoms with Crippen LogP contribution in [0, 0.1) is 17.8 Å². The van der Waals surface area contributed by atoms with Gasteiger partial charge in [0.1, 0.15) is 0 Å². The minimum atomic E-state index is 0.388. The Bertz CT molecular complexity index is 216. The third-order valence-corrected chi connectivity index (χ3v) is 4.68. The summed E-state index contributed by atoms with van der Waals surface area (Å²) in [6, 6.07) is 0. The van der Waals surface area contributed by atoms with Crippen molar-refractivity contribution in [3.05, 3.63) is 0 Å². The van der Waals surface area contributed by atoms with Crippen LogP contribution in [0.5, 0.6) is 0 Å². The van der Waals surface area contributed by atoms with Crippen LogP contribution in [0.1, 0.15) is 53.4 Å². The first kappa shape index (κ1) is 11.4. The van der Waals surface area contributed by atoms with Gasteiger partial charge in [0, 0.05) is 18.6 Å². The van der Waals surface area contributed by atoms with Gasteiger partial charge in [-0.2, -0.15) is 0 Å². The fraction of sp³-hybridized carbons (Fsp3) is 1.00. The standard InChI is InChI=1S/C14H27N/c1-5-11-6-7-12-9-15(14(2,3)4)10-13(12)8-11/h11-13H,5-10H2,1-4H3. The van der Waals surface area contributed by atoms with Crippen molar-refractivity contribution >= 4 is 0 Å². The van der Waals surface area contributed by atoms with Gasteiger partial charge in [-0.15, -0.1) is 0 Å². The van der Waals surface area contributed by atoms with E-state index in [1.54, 1.807) is 0 Å². The van der Waals surface area contributed by atoms with Gasteiger partial charge in [0.15, 0.2) is 0 Å². The van der Waals surface area contributed by atoms with Crippen LogP contribution in [0.15, 0.2) is 0 Å². The minimum absolute atomic E-state index is 0.388. The van der Waals surface area contributed by atoms with Crippen LogP contribution < -0.4 is 0 Å². The molecule has 2 aliphatic rings. The van der Waals surface area contributed by atoms with Gasteiger partial charge in [0.25, 0.3) is 0 Å². The van der Waals surface area contributed by atoms with Crippen LogP contribution in [0.25, 0.3) is 0 Å². The van der Waals surface area contributed by atoms with Gasteiger partial charge in [-0.1, -0.05) is 19.8 Å². The largest absolute Gasteiger partial charge is 0.298 e. The second kappa shape index (κ2) is 4.08. The van der Waals surface area contributed by atoms with Crippen LogP contribution in [0.3, 0.4) is 0 Å². The molecule has 0 aromatic carbocycles. The van der Waals surface area contributed by atoms with E-state index >= 15 is 0 Å². The molecule has 1 aliphatic carbocycles. The van der Waals surface area contributed by atoms with Crippen LogP contribution in [0.4, 0.5) is 0 Å². The first-order valence-electron chi connectivity index (χ1n) is 6.75. The van der Waals surface area contributed by atoms with E-state index in [9.17, 15) is 0 Å². The van der Waals surface area contributed by atoms with Crippen LogP contribution in [-0.2, 0) is 0 Å². The molecule has 2 rings (SSSR count). The first-order valence-corrected chi connectivity index (χ1v) is 6.75. The summed E-state index contributed by atoms with van der Waals surface area (Å²) >= 11 is 0. The van der Waals surface area contributed by atoms with Crippen LogP contribution >= 0.6 is 0 Å². The average Bonchev–Trinajstić information content (AvgIpc) is 2.59. The first-order chi connectivity index (χ1) is 7.00. The van der Waals surface area contributed by atoms with Crippen molar-refractivity contribution in [1.82, 2.24) is 4.90 Å². The molecule has 3 atom stereocenters. The average molecular weight is 209 g/mol. The lowest BCUT2D eigenvalue weighted by molar-refractivity contribution is 0.165. The van der Waals surface area contributed by atoms with Crippen molar-refractivity contribution in [1.29, 1.82) is 0 Å². The maximum absolute atomic E-state index is 2.71. The number of hydrogen-bond donors (Lipinski definition) is 0. The van der Waals surface area contributed by atoms with Gasteiger partial charge in [0.2, 0.25) is 0 Å². The Labute approximate surface area is 95.2 Å². The summed E-state index contributed by atoms with van der Waals surface area (Å²) in [5.74, 6) is 3.07. The normalized spacial score (nSPS) is 38.0. The third-order valence-electron chi connectivity index (χ3n) is 4.68. The molecule has 0 N–H and O–H groups in total. The Hall–Kier alpha value is -0.0400. The summed E-state index contributed by atoms with van der Waals surface area (Å²) in [5.41, 5.74) is 0.388. The number of fused-ring (bicyclic) bond motifs is 1. The molecule has 0 radical (unpaired) electrons. The molecular weight excluding hydrogens is 182 g/mol. The van der Waals surface area contributed by atoms with Gasteiger partial charge in [-0.05, 0) is 51.4 Å². The maximum Gasteiger partial charge on any atom is 0.0125 e. The Morgan fingerprint density at radius 1 is 1.07 bits per heavy atom. The highest BCUT2D eigenvalue weighted by Crippen LogP contribution is 2.41.